The first kappa shape index (κ1) is 31.4. The minimum absolute atomic E-state index is 0.0562. The van der Waals surface area contributed by atoms with Crippen molar-refractivity contribution < 1.29 is 28.7 Å². The van der Waals surface area contributed by atoms with E-state index in [1.54, 1.807) is 0 Å². The van der Waals surface area contributed by atoms with Crippen molar-refractivity contribution in [2.45, 2.75) is 98.1 Å². The van der Waals surface area contributed by atoms with Crippen LogP contribution < -0.4 is 21.7 Å². The molecule has 2 atom stereocenters. The molecule has 10 heteroatoms. The fourth-order valence-electron chi connectivity index (χ4n) is 3.41. The van der Waals surface area contributed by atoms with Gasteiger partial charge in [-0.3, -0.25) is 19.2 Å². The lowest BCUT2D eigenvalue weighted by molar-refractivity contribution is -0.149. The Hall–Kier alpha value is -2.65. The average molecular weight is 485 g/mol. The monoisotopic (exact) mass is 484 g/mol. The van der Waals surface area contributed by atoms with Gasteiger partial charge < -0.3 is 26.4 Å². The number of carbonyl (C=O) groups excluding carboxylic acids is 5. The number of carbonyl (C=O) groups is 5. The van der Waals surface area contributed by atoms with Crippen molar-refractivity contribution in [3.05, 3.63) is 0 Å². The number of ether oxygens (including phenoxy) is 1. The minimum Gasteiger partial charge on any atom is -0.465 e. The van der Waals surface area contributed by atoms with E-state index in [1.807, 2.05) is 27.7 Å². The van der Waals surface area contributed by atoms with E-state index in [0.717, 1.165) is 19.3 Å². The summed E-state index contributed by atoms with van der Waals surface area (Å²) in [5.41, 5.74) is 5.01. The molecule has 0 fully saturated rings. The largest absolute Gasteiger partial charge is 0.465 e. The molecule has 0 aromatic heterocycles. The molecule has 34 heavy (non-hydrogen) atoms. The second kappa shape index (κ2) is 17.8. The molecular weight excluding hydrogens is 440 g/mol. The Bertz CT molecular complexity index is 664. The minimum atomic E-state index is -0.765. The summed E-state index contributed by atoms with van der Waals surface area (Å²) < 4.78 is 5.28. The predicted molar refractivity (Wildman–Crippen MR) is 130 cm³/mol. The van der Waals surface area contributed by atoms with E-state index in [9.17, 15) is 24.0 Å². The maximum absolute atomic E-state index is 12.7. The van der Waals surface area contributed by atoms with Gasteiger partial charge in [0.05, 0.1) is 18.6 Å². The maximum Gasteiger partial charge on any atom is 0.312 e. The lowest BCUT2D eigenvalue weighted by atomic mass is 10.0. The number of primary amides is 1. The lowest BCUT2D eigenvalue weighted by Gasteiger charge is -2.24. The van der Waals surface area contributed by atoms with Crippen LogP contribution in [0.5, 0.6) is 0 Å². The van der Waals surface area contributed by atoms with Gasteiger partial charge in [0, 0.05) is 13.0 Å². The standard InChI is InChI=1S/C24H44N4O6/c1-6-18(7-2)23(32)34-15-10-8-9-13-20(30)28-21(16(3)4)22(31)27-19(17(5)29)12-11-14-26-24(25)33/h16,18-19,21H,6-15H2,1-5H3,(H,27,31)(H,28,30)(H3,25,26,33)/t19-,21-/m0/s1. The SMILES string of the molecule is CCC(CC)C(=O)OCCCCCC(=O)N[C@H](C(=O)N[C@@H](CCCNC(N)=O)C(C)=O)C(C)C. The summed E-state index contributed by atoms with van der Waals surface area (Å²) in [4.78, 5) is 59.6. The van der Waals surface area contributed by atoms with Crippen LogP contribution in [0.2, 0.25) is 0 Å². The van der Waals surface area contributed by atoms with Gasteiger partial charge >= 0.3 is 12.0 Å². The summed E-state index contributed by atoms with van der Waals surface area (Å²) in [6.07, 6.45) is 4.63. The van der Waals surface area contributed by atoms with Crippen LogP contribution in [-0.4, -0.2) is 54.8 Å². The fraction of sp³-hybridized carbons (Fsp3) is 0.792. The van der Waals surface area contributed by atoms with Crippen molar-refractivity contribution in [1.29, 1.82) is 0 Å². The number of esters is 1. The molecule has 196 valence electrons. The van der Waals surface area contributed by atoms with E-state index in [0.29, 0.717) is 38.8 Å². The molecule has 0 aliphatic carbocycles. The number of urea groups is 1. The first-order chi connectivity index (χ1) is 16.0. The Balaban J connectivity index is 4.45. The number of hydrogen-bond acceptors (Lipinski definition) is 6. The molecule has 0 aliphatic rings. The van der Waals surface area contributed by atoms with Crippen molar-refractivity contribution in [3.8, 4) is 0 Å². The summed E-state index contributed by atoms with van der Waals surface area (Å²) in [5, 5.41) is 7.91. The summed E-state index contributed by atoms with van der Waals surface area (Å²) in [5.74, 6) is -1.25. The van der Waals surface area contributed by atoms with Crippen LogP contribution in [0.25, 0.3) is 0 Å². The summed E-state index contributed by atoms with van der Waals surface area (Å²) in [6, 6.07) is -2.12. The molecular formula is C24H44N4O6. The van der Waals surface area contributed by atoms with Crippen LogP contribution in [0.1, 0.15) is 86.0 Å². The second-order valence-corrected chi connectivity index (χ2v) is 8.89. The number of hydrogen-bond donors (Lipinski definition) is 4. The molecule has 4 amide bonds. The highest BCUT2D eigenvalue weighted by Gasteiger charge is 2.27. The number of amides is 4. The number of nitrogens with two attached hydrogens (primary N) is 1. The molecule has 10 nitrogen and oxygen atoms in total. The van der Waals surface area contributed by atoms with E-state index in [-0.39, 0.29) is 35.9 Å². The molecule has 0 bridgehead atoms. The van der Waals surface area contributed by atoms with Gasteiger partial charge in [-0.1, -0.05) is 27.7 Å². The van der Waals surface area contributed by atoms with E-state index in [2.05, 4.69) is 16.0 Å². The number of nitrogens with one attached hydrogen (secondary N) is 3. The van der Waals surface area contributed by atoms with Gasteiger partial charge in [0.2, 0.25) is 11.8 Å². The van der Waals surface area contributed by atoms with Crippen LogP contribution in [0.4, 0.5) is 4.79 Å². The van der Waals surface area contributed by atoms with Crippen molar-refractivity contribution in [2.75, 3.05) is 13.2 Å². The van der Waals surface area contributed by atoms with Crippen molar-refractivity contribution >= 4 is 29.6 Å². The summed E-state index contributed by atoms with van der Waals surface area (Å²) >= 11 is 0. The van der Waals surface area contributed by atoms with E-state index < -0.39 is 24.0 Å². The lowest BCUT2D eigenvalue weighted by Crippen LogP contribution is -2.53. The molecule has 0 aromatic carbocycles. The zero-order valence-corrected chi connectivity index (χ0v) is 21.4. The van der Waals surface area contributed by atoms with Crippen molar-refractivity contribution in [2.24, 2.45) is 17.6 Å². The van der Waals surface area contributed by atoms with Crippen molar-refractivity contribution in [1.82, 2.24) is 16.0 Å². The third-order valence-electron chi connectivity index (χ3n) is 5.65. The third-order valence-corrected chi connectivity index (χ3v) is 5.65. The highest BCUT2D eigenvalue weighted by Crippen LogP contribution is 2.11. The summed E-state index contributed by atoms with van der Waals surface area (Å²) in [7, 11) is 0. The molecule has 0 saturated carbocycles. The van der Waals surface area contributed by atoms with E-state index in [4.69, 9.17) is 10.5 Å². The predicted octanol–water partition coefficient (Wildman–Crippen LogP) is 2.19. The van der Waals surface area contributed by atoms with Gasteiger partial charge in [0.25, 0.3) is 0 Å². The topological polar surface area (TPSA) is 157 Å². The van der Waals surface area contributed by atoms with Gasteiger partial charge in [-0.25, -0.2) is 4.79 Å². The van der Waals surface area contributed by atoms with Crippen LogP contribution in [0.3, 0.4) is 0 Å². The zero-order chi connectivity index (χ0) is 26.1. The number of Topliss-reactive ketones (excluding diaryl/α,β-unsaturated/α-hetero) is 1. The quantitative estimate of drug-likeness (QED) is 0.172. The first-order valence-corrected chi connectivity index (χ1v) is 12.3. The first-order valence-electron chi connectivity index (χ1n) is 12.3. The Kier molecular flexibility index (Phi) is 16.4. The molecule has 0 aliphatic heterocycles. The number of unbranched alkanes of at least 4 members (excludes halogenated alkanes) is 2. The van der Waals surface area contributed by atoms with Gasteiger partial charge in [-0.2, -0.15) is 0 Å². The smallest absolute Gasteiger partial charge is 0.312 e. The van der Waals surface area contributed by atoms with Gasteiger partial charge in [0.15, 0.2) is 5.78 Å². The van der Waals surface area contributed by atoms with Crippen LogP contribution in [0, 0.1) is 11.8 Å². The second-order valence-electron chi connectivity index (χ2n) is 8.89. The highest BCUT2D eigenvalue weighted by atomic mass is 16.5. The Morgan fingerprint density at radius 2 is 1.56 bits per heavy atom. The molecule has 0 aromatic rings. The normalized spacial score (nSPS) is 12.7. The van der Waals surface area contributed by atoms with Crippen LogP contribution in [0.15, 0.2) is 0 Å². The van der Waals surface area contributed by atoms with Crippen LogP contribution in [-0.2, 0) is 23.9 Å². The van der Waals surface area contributed by atoms with E-state index in [1.165, 1.54) is 6.92 Å². The van der Waals surface area contributed by atoms with Crippen molar-refractivity contribution in [3.63, 3.8) is 0 Å². The maximum atomic E-state index is 12.7. The fourth-order valence-corrected chi connectivity index (χ4v) is 3.41. The highest BCUT2D eigenvalue weighted by molar-refractivity contribution is 5.92. The zero-order valence-electron chi connectivity index (χ0n) is 21.4. The Morgan fingerprint density at radius 3 is 2.09 bits per heavy atom. The molecule has 5 N–H and O–H groups in total. The van der Waals surface area contributed by atoms with Gasteiger partial charge in [-0.15, -0.1) is 0 Å². The van der Waals surface area contributed by atoms with Gasteiger partial charge in [0.1, 0.15) is 6.04 Å². The number of rotatable bonds is 18. The van der Waals surface area contributed by atoms with E-state index >= 15 is 0 Å². The molecule has 0 saturated heterocycles. The Labute approximate surface area is 203 Å². The molecule has 0 radical (unpaired) electrons. The molecule has 0 rings (SSSR count). The summed E-state index contributed by atoms with van der Waals surface area (Å²) in [6.45, 7) is 9.59. The van der Waals surface area contributed by atoms with Crippen LogP contribution >= 0.6 is 0 Å². The molecule has 0 heterocycles. The number of ketones is 1. The molecule has 0 spiro atoms. The third kappa shape index (κ3) is 13.8. The average Bonchev–Trinajstić information content (AvgIpc) is 2.76. The molecule has 0 unspecified atom stereocenters. The Morgan fingerprint density at radius 1 is 0.912 bits per heavy atom. The van der Waals surface area contributed by atoms with Gasteiger partial charge in [-0.05, 0) is 57.8 Å².